The molecule has 1 N–H and O–H groups in total. The summed E-state index contributed by atoms with van der Waals surface area (Å²) in [6, 6.07) is 8.14. The van der Waals surface area contributed by atoms with Gasteiger partial charge in [-0.15, -0.1) is 0 Å². The molecule has 128 valence electrons. The largest absolute Gasteiger partial charge is 0.308 e. The Labute approximate surface area is 143 Å². The Balaban J connectivity index is 1.89. The lowest BCUT2D eigenvalue weighted by Crippen LogP contribution is -2.32. The molecule has 1 fully saturated rings. The van der Waals surface area contributed by atoms with Gasteiger partial charge in [0.1, 0.15) is 5.82 Å². The monoisotopic (exact) mass is 343 g/mol. The fourth-order valence-electron chi connectivity index (χ4n) is 2.69. The van der Waals surface area contributed by atoms with E-state index in [1.165, 1.54) is 12.1 Å². The zero-order chi connectivity index (χ0) is 18.0. The van der Waals surface area contributed by atoms with Crippen molar-refractivity contribution in [1.82, 2.24) is 5.32 Å². The lowest BCUT2D eigenvalue weighted by molar-refractivity contribution is -0.112. The van der Waals surface area contributed by atoms with E-state index in [0.717, 1.165) is 17.7 Å². The zero-order valence-electron chi connectivity index (χ0n) is 13.6. The molecule has 1 saturated heterocycles. The summed E-state index contributed by atoms with van der Waals surface area (Å²) in [4.78, 5) is 12.6. The van der Waals surface area contributed by atoms with Gasteiger partial charge >= 0.3 is 0 Å². The molecule has 0 aromatic heterocycles. The lowest BCUT2D eigenvalue weighted by atomic mass is 9.95. The molecule has 5 heteroatoms. The third-order valence-corrected chi connectivity index (χ3v) is 4.02. The summed E-state index contributed by atoms with van der Waals surface area (Å²) in [6.45, 7) is 2.40. The highest BCUT2D eigenvalue weighted by molar-refractivity contribution is 6.14. The minimum absolute atomic E-state index is 0.162. The first-order chi connectivity index (χ1) is 11.9. The highest BCUT2D eigenvalue weighted by atomic mass is 19.2. The normalized spacial score (nSPS) is 18.2. The molecule has 25 heavy (non-hydrogen) atoms. The Morgan fingerprint density at radius 3 is 1.96 bits per heavy atom. The molecule has 1 aliphatic rings. The van der Waals surface area contributed by atoms with Crippen LogP contribution >= 0.6 is 0 Å². The third kappa shape index (κ3) is 3.88. The maximum absolute atomic E-state index is 13.4. The van der Waals surface area contributed by atoms with Crippen molar-refractivity contribution in [2.75, 3.05) is 13.1 Å². The van der Waals surface area contributed by atoms with Gasteiger partial charge < -0.3 is 5.32 Å². The summed E-state index contributed by atoms with van der Waals surface area (Å²) < 4.78 is 39.7. The van der Waals surface area contributed by atoms with Crippen molar-refractivity contribution in [3.8, 4) is 0 Å². The van der Waals surface area contributed by atoms with Gasteiger partial charge in [0.25, 0.3) is 0 Å². The summed E-state index contributed by atoms with van der Waals surface area (Å²) in [5, 5.41) is 3.11. The Morgan fingerprint density at radius 2 is 1.40 bits per heavy atom. The molecule has 2 aromatic carbocycles. The van der Waals surface area contributed by atoms with Gasteiger partial charge in [0.15, 0.2) is 17.4 Å². The smallest absolute Gasteiger partial charge is 0.187 e. The van der Waals surface area contributed by atoms with Crippen molar-refractivity contribution in [3.05, 3.63) is 81.7 Å². The Hall–Kier alpha value is -2.66. The first-order valence-corrected chi connectivity index (χ1v) is 7.82. The number of piperidine rings is 1. The Kier molecular flexibility index (Phi) is 4.86. The first-order valence-electron chi connectivity index (χ1n) is 7.82. The molecule has 0 radical (unpaired) electrons. The summed E-state index contributed by atoms with van der Waals surface area (Å²) >= 11 is 0. The maximum Gasteiger partial charge on any atom is 0.187 e. The molecule has 2 aromatic rings. The summed E-state index contributed by atoms with van der Waals surface area (Å²) in [6.07, 6.45) is 3.25. The molecular formula is C20H16F3NO. The van der Waals surface area contributed by atoms with Gasteiger partial charge in [-0.3, -0.25) is 4.79 Å². The average molecular weight is 343 g/mol. The van der Waals surface area contributed by atoms with Crippen molar-refractivity contribution in [2.24, 2.45) is 0 Å². The molecule has 1 aliphatic heterocycles. The van der Waals surface area contributed by atoms with Crippen LogP contribution in [0.15, 0.2) is 47.5 Å². The minimum Gasteiger partial charge on any atom is -0.308 e. The SMILES string of the molecule is Cc1cc(/C=C2\CNC/C(=C\c3ccc(F)c(F)c3)C2=O)ccc1F. The summed E-state index contributed by atoms with van der Waals surface area (Å²) in [7, 11) is 0. The fourth-order valence-corrected chi connectivity index (χ4v) is 2.69. The number of halogens is 3. The molecule has 2 nitrogen and oxygen atoms in total. The van der Waals surface area contributed by atoms with E-state index >= 15 is 0 Å². The lowest BCUT2D eigenvalue weighted by Gasteiger charge is -2.18. The van der Waals surface area contributed by atoms with Crippen LogP contribution in [0, 0.1) is 24.4 Å². The molecule has 0 spiro atoms. The number of nitrogens with one attached hydrogen (secondary N) is 1. The van der Waals surface area contributed by atoms with Gasteiger partial charge in [-0.25, -0.2) is 13.2 Å². The average Bonchev–Trinajstić information content (AvgIpc) is 2.58. The Bertz CT molecular complexity index is 828. The molecule has 0 aliphatic carbocycles. The minimum atomic E-state index is -0.955. The number of carbonyl (C=O) groups is 1. The number of Topliss-reactive ketones (excluding diaryl/α,β-unsaturated/α-hetero) is 1. The van der Waals surface area contributed by atoms with E-state index in [1.807, 2.05) is 0 Å². The van der Waals surface area contributed by atoms with Gasteiger partial charge in [-0.05, 0) is 60.0 Å². The second-order valence-corrected chi connectivity index (χ2v) is 5.95. The van der Waals surface area contributed by atoms with Gasteiger partial charge in [0.05, 0.1) is 0 Å². The molecular weight excluding hydrogens is 327 g/mol. The van der Waals surface area contributed by atoms with Crippen molar-refractivity contribution in [3.63, 3.8) is 0 Å². The topological polar surface area (TPSA) is 29.1 Å². The number of rotatable bonds is 2. The number of hydrogen-bond donors (Lipinski definition) is 1. The summed E-state index contributed by atoms with van der Waals surface area (Å²) in [5.74, 6) is -2.34. The van der Waals surface area contributed by atoms with Crippen LogP contribution in [0.25, 0.3) is 12.2 Å². The van der Waals surface area contributed by atoms with E-state index in [4.69, 9.17) is 0 Å². The third-order valence-electron chi connectivity index (χ3n) is 4.02. The molecule has 0 amide bonds. The van der Waals surface area contributed by atoms with Crippen LogP contribution in [-0.4, -0.2) is 18.9 Å². The van der Waals surface area contributed by atoms with E-state index in [-0.39, 0.29) is 11.6 Å². The highest BCUT2D eigenvalue weighted by Gasteiger charge is 2.20. The number of ketones is 1. The first kappa shape index (κ1) is 17.2. The molecule has 0 unspecified atom stereocenters. The van der Waals surface area contributed by atoms with Crippen molar-refractivity contribution in [2.45, 2.75) is 6.92 Å². The summed E-state index contributed by atoms with van der Waals surface area (Å²) in [5.41, 5.74) is 2.65. The number of aryl methyl sites for hydroxylation is 1. The van der Waals surface area contributed by atoms with Crippen LogP contribution in [0.1, 0.15) is 16.7 Å². The van der Waals surface area contributed by atoms with Gasteiger partial charge in [0, 0.05) is 24.2 Å². The van der Waals surface area contributed by atoms with Crippen LogP contribution < -0.4 is 5.32 Å². The quantitative estimate of drug-likeness (QED) is 0.834. The molecule has 0 saturated carbocycles. The van der Waals surface area contributed by atoms with Crippen LogP contribution in [0.3, 0.4) is 0 Å². The highest BCUT2D eigenvalue weighted by Crippen LogP contribution is 2.19. The van der Waals surface area contributed by atoms with E-state index in [9.17, 15) is 18.0 Å². The predicted octanol–water partition coefficient (Wildman–Crippen LogP) is 4.05. The van der Waals surface area contributed by atoms with Gasteiger partial charge in [-0.1, -0.05) is 12.1 Å². The number of carbonyl (C=O) groups excluding carboxylic acids is 1. The van der Waals surface area contributed by atoms with Crippen molar-refractivity contribution >= 4 is 17.9 Å². The number of hydrogen-bond acceptors (Lipinski definition) is 2. The van der Waals surface area contributed by atoms with E-state index in [0.29, 0.717) is 35.4 Å². The zero-order valence-corrected chi connectivity index (χ0v) is 13.6. The van der Waals surface area contributed by atoms with Crippen LogP contribution in [0.2, 0.25) is 0 Å². The van der Waals surface area contributed by atoms with Crippen molar-refractivity contribution in [1.29, 1.82) is 0 Å². The van der Waals surface area contributed by atoms with Crippen LogP contribution in [-0.2, 0) is 4.79 Å². The second-order valence-electron chi connectivity index (χ2n) is 5.95. The standard InChI is InChI=1S/C20H16F3NO/c1-12-6-13(2-4-17(12)21)7-15-10-24-11-16(20(15)25)8-14-3-5-18(22)19(23)9-14/h2-9,24H,10-11H2,1H3/b15-7+,16-8+. The van der Waals surface area contributed by atoms with E-state index in [2.05, 4.69) is 5.32 Å². The van der Waals surface area contributed by atoms with Crippen molar-refractivity contribution < 1.29 is 18.0 Å². The van der Waals surface area contributed by atoms with Gasteiger partial charge in [-0.2, -0.15) is 0 Å². The maximum atomic E-state index is 13.4. The fraction of sp³-hybridized carbons (Fsp3) is 0.150. The van der Waals surface area contributed by atoms with E-state index < -0.39 is 11.6 Å². The molecule has 1 heterocycles. The Morgan fingerprint density at radius 1 is 0.840 bits per heavy atom. The molecule has 0 atom stereocenters. The van der Waals surface area contributed by atoms with Crippen LogP contribution in [0.4, 0.5) is 13.2 Å². The molecule has 0 bridgehead atoms. The van der Waals surface area contributed by atoms with Gasteiger partial charge in [0.2, 0.25) is 0 Å². The molecule has 3 rings (SSSR count). The number of benzene rings is 2. The predicted molar refractivity (Wildman–Crippen MR) is 91.3 cm³/mol. The van der Waals surface area contributed by atoms with Crippen LogP contribution in [0.5, 0.6) is 0 Å². The second kappa shape index (κ2) is 7.07. The van der Waals surface area contributed by atoms with E-state index in [1.54, 1.807) is 31.2 Å².